The molecule has 12 heavy (non-hydrogen) atoms. The van der Waals surface area contributed by atoms with Gasteiger partial charge in [0.2, 0.25) is 0 Å². The second kappa shape index (κ2) is 5.36. The molecular formula is C11H21N. The fraction of sp³-hybridized carbons (Fsp3) is 0.818. The summed E-state index contributed by atoms with van der Waals surface area (Å²) in [6.45, 7) is 8.18. The number of piperidine rings is 1. The van der Waals surface area contributed by atoms with Crippen LogP contribution in [0.4, 0.5) is 0 Å². The van der Waals surface area contributed by atoms with E-state index in [0.29, 0.717) is 0 Å². The number of allylic oxidation sites excluding steroid dienone is 1. The predicted octanol–water partition coefficient (Wildman–Crippen LogP) is 2.68. The van der Waals surface area contributed by atoms with E-state index in [1.165, 1.54) is 32.4 Å². The summed E-state index contributed by atoms with van der Waals surface area (Å²) in [6, 6.07) is 0. The molecule has 0 bridgehead atoms. The Hall–Kier alpha value is -0.300. The first-order chi connectivity index (χ1) is 5.86. The Morgan fingerprint density at radius 1 is 1.33 bits per heavy atom. The first kappa shape index (κ1) is 9.79. The molecule has 0 spiro atoms. The minimum Gasteiger partial charge on any atom is -0.300 e. The lowest BCUT2D eigenvalue weighted by Gasteiger charge is -2.30. The summed E-state index contributed by atoms with van der Waals surface area (Å²) in [7, 11) is 0. The molecule has 0 aliphatic carbocycles. The van der Waals surface area contributed by atoms with Gasteiger partial charge >= 0.3 is 0 Å². The topological polar surface area (TPSA) is 3.24 Å². The largest absolute Gasteiger partial charge is 0.300 e. The fourth-order valence-electron chi connectivity index (χ4n) is 1.83. The SMILES string of the molecule is C/C=C\CN1CCC(CC)CC1. The van der Waals surface area contributed by atoms with Crippen LogP contribution in [-0.2, 0) is 0 Å². The van der Waals surface area contributed by atoms with Crippen molar-refractivity contribution in [1.82, 2.24) is 4.90 Å². The van der Waals surface area contributed by atoms with E-state index in [-0.39, 0.29) is 0 Å². The van der Waals surface area contributed by atoms with Crippen LogP contribution in [0, 0.1) is 5.92 Å². The second-order valence-electron chi connectivity index (χ2n) is 3.72. The molecule has 0 aromatic rings. The van der Waals surface area contributed by atoms with Gasteiger partial charge in [0.15, 0.2) is 0 Å². The van der Waals surface area contributed by atoms with Crippen LogP contribution in [0.15, 0.2) is 12.2 Å². The number of likely N-dealkylation sites (tertiary alicyclic amines) is 1. The summed E-state index contributed by atoms with van der Waals surface area (Å²) >= 11 is 0. The maximum Gasteiger partial charge on any atom is 0.0163 e. The third-order valence-electron chi connectivity index (χ3n) is 2.88. The van der Waals surface area contributed by atoms with Gasteiger partial charge in [-0.1, -0.05) is 25.5 Å². The molecule has 1 aliphatic rings. The van der Waals surface area contributed by atoms with Gasteiger partial charge in [0, 0.05) is 6.54 Å². The fourth-order valence-corrected chi connectivity index (χ4v) is 1.83. The van der Waals surface area contributed by atoms with Crippen LogP contribution in [0.25, 0.3) is 0 Å². The van der Waals surface area contributed by atoms with Gasteiger partial charge < -0.3 is 0 Å². The minimum absolute atomic E-state index is 1.01. The van der Waals surface area contributed by atoms with Gasteiger partial charge in [-0.25, -0.2) is 0 Å². The van der Waals surface area contributed by atoms with Gasteiger partial charge in [0.1, 0.15) is 0 Å². The van der Waals surface area contributed by atoms with E-state index >= 15 is 0 Å². The molecule has 0 aromatic carbocycles. The van der Waals surface area contributed by atoms with E-state index in [4.69, 9.17) is 0 Å². The van der Waals surface area contributed by atoms with Crippen molar-refractivity contribution in [1.29, 1.82) is 0 Å². The summed E-state index contributed by atoms with van der Waals surface area (Å²) in [6.07, 6.45) is 8.59. The third-order valence-corrected chi connectivity index (χ3v) is 2.88. The smallest absolute Gasteiger partial charge is 0.0163 e. The first-order valence-corrected chi connectivity index (χ1v) is 5.20. The molecule has 1 aliphatic heterocycles. The highest BCUT2D eigenvalue weighted by atomic mass is 15.1. The Balaban J connectivity index is 2.17. The average molecular weight is 167 g/mol. The quantitative estimate of drug-likeness (QED) is 0.584. The zero-order valence-electron chi connectivity index (χ0n) is 8.42. The molecule has 1 heteroatoms. The number of rotatable bonds is 3. The van der Waals surface area contributed by atoms with E-state index in [9.17, 15) is 0 Å². The molecule has 0 aromatic heterocycles. The van der Waals surface area contributed by atoms with Crippen molar-refractivity contribution in [2.24, 2.45) is 5.92 Å². The molecule has 1 nitrogen and oxygen atoms in total. The summed E-state index contributed by atoms with van der Waals surface area (Å²) in [5.41, 5.74) is 0. The Morgan fingerprint density at radius 3 is 2.50 bits per heavy atom. The van der Waals surface area contributed by atoms with Crippen LogP contribution in [0.1, 0.15) is 33.1 Å². The summed E-state index contributed by atoms with van der Waals surface area (Å²) in [5.74, 6) is 1.01. The molecular weight excluding hydrogens is 146 g/mol. The molecule has 0 unspecified atom stereocenters. The monoisotopic (exact) mass is 167 g/mol. The molecule has 1 saturated heterocycles. The second-order valence-corrected chi connectivity index (χ2v) is 3.72. The lowest BCUT2D eigenvalue weighted by molar-refractivity contribution is 0.198. The molecule has 1 fully saturated rings. The van der Waals surface area contributed by atoms with Crippen molar-refractivity contribution < 1.29 is 0 Å². The predicted molar refractivity (Wildman–Crippen MR) is 54.3 cm³/mol. The van der Waals surface area contributed by atoms with Crippen LogP contribution in [0.5, 0.6) is 0 Å². The van der Waals surface area contributed by atoms with Gasteiger partial charge in [-0.15, -0.1) is 0 Å². The standard InChI is InChI=1S/C11H21N/c1-3-5-8-12-9-6-11(4-2)7-10-12/h3,5,11H,4,6-10H2,1-2H3/b5-3-. The molecule has 0 amide bonds. The Morgan fingerprint density at radius 2 is 2.00 bits per heavy atom. The van der Waals surface area contributed by atoms with E-state index in [1.54, 1.807) is 0 Å². The van der Waals surface area contributed by atoms with Crippen molar-refractivity contribution in [3.63, 3.8) is 0 Å². The number of hydrogen-bond donors (Lipinski definition) is 0. The summed E-state index contributed by atoms with van der Waals surface area (Å²) in [4.78, 5) is 2.55. The van der Waals surface area contributed by atoms with Crippen molar-refractivity contribution in [2.45, 2.75) is 33.1 Å². The molecule has 0 N–H and O–H groups in total. The Kier molecular flexibility index (Phi) is 4.37. The zero-order chi connectivity index (χ0) is 8.81. The van der Waals surface area contributed by atoms with E-state index < -0.39 is 0 Å². The van der Waals surface area contributed by atoms with Crippen molar-refractivity contribution in [3.8, 4) is 0 Å². The van der Waals surface area contributed by atoms with Crippen LogP contribution >= 0.6 is 0 Å². The van der Waals surface area contributed by atoms with Crippen LogP contribution in [0.3, 0.4) is 0 Å². The first-order valence-electron chi connectivity index (χ1n) is 5.20. The summed E-state index contributed by atoms with van der Waals surface area (Å²) < 4.78 is 0. The molecule has 0 atom stereocenters. The number of hydrogen-bond acceptors (Lipinski definition) is 1. The highest BCUT2D eigenvalue weighted by Crippen LogP contribution is 2.19. The highest BCUT2D eigenvalue weighted by Gasteiger charge is 2.15. The van der Waals surface area contributed by atoms with Crippen LogP contribution in [0.2, 0.25) is 0 Å². The maximum absolute atomic E-state index is 2.55. The maximum atomic E-state index is 2.55. The Bertz CT molecular complexity index is 132. The summed E-state index contributed by atoms with van der Waals surface area (Å²) in [5, 5.41) is 0. The van der Waals surface area contributed by atoms with Gasteiger partial charge in [0.25, 0.3) is 0 Å². The van der Waals surface area contributed by atoms with Crippen LogP contribution in [-0.4, -0.2) is 24.5 Å². The van der Waals surface area contributed by atoms with E-state index in [1.807, 2.05) is 0 Å². The average Bonchev–Trinajstić information content (AvgIpc) is 2.15. The zero-order valence-corrected chi connectivity index (χ0v) is 8.42. The minimum atomic E-state index is 1.01. The van der Waals surface area contributed by atoms with Crippen LogP contribution < -0.4 is 0 Å². The highest BCUT2D eigenvalue weighted by molar-refractivity contribution is 4.83. The van der Waals surface area contributed by atoms with E-state index in [2.05, 4.69) is 30.9 Å². The normalized spacial score (nSPS) is 22.2. The lowest BCUT2D eigenvalue weighted by Crippen LogP contribution is -2.33. The van der Waals surface area contributed by atoms with Gasteiger partial charge in [-0.2, -0.15) is 0 Å². The molecule has 1 rings (SSSR count). The van der Waals surface area contributed by atoms with E-state index in [0.717, 1.165) is 12.5 Å². The number of nitrogens with zero attached hydrogens (tertiary/aromatic N) is 1. The lowest BCUT2D eigenvalue weighted by atomic mass is 9.94. The molecule has 70 valence electrons. The van der Waals surface area contributed by atoms with Gasteiger partial charge in [-0.3, -0.25) is 4.90 Å². The van der Waals surface area contributed by atoms with Crippen molar-refractivity contribution in [2.75, 3.05) is 19.6 Å². The van der Waals surface area contributed by atoms with Crippen molar-refractivity contribution in [3.05, 3.63) is 12.2 Å². The van der Waals surface area contributed by atoms with Crippen molar-refractivity contribution >= 4 is 0 Å². The Labute approximate surface area is 76.5 Å². The molecule has 1 heterocycles. The van der Waals surface area contributed by atoms with Gasteiger partial charge in [0.05, 0.1) is 0 Å². The molecule has 0 radical (unpaired) electrons. The molecule has 0 saturated carbocycles. The third kappa shape index (κ3) is 2.98. The van der Waals surface area contributed by atoms with Gasteiger partial charge in [-0.05, 0) is 38.8 Å².